The van der Waals surface area contributed by atoms with E-state index < -0.39 is 0 Å². The lowest BCUT2D eigenvalue weighted by Gasteiger charge is -2.37. The lowest BCUT2D eigenvalue weighted by Crippen LogP contribution is -2.54. The Morgan fingerprint density at radius 3 is 2.33 bits per heavy atom. The van der Waals surface area contributed by atoms with Gasteiger partial charge in [0.25, 0.3) is 0 Å². The average Bonchev–Trinajstić information content (AvgIpc) is 1.76. The molecule has 1 aliphatic heterocycles. The minimum atomic E-state index is -0.283. The molecule has 0 radical (unpaired) electrons. The van der Waals surface area contributed by atoms with Crippen LogP contribution in [0.1, 0.15) is 27.2 Å². The Balaban J connectivity index is 2.30. The van der Waals surface area contributed by atoms with E-state index >= 15 is 0 Å². The molecule has 3 heteroatoms. The van der Waals surface area contributed by atoms with Crippen LogP contribution in [0.3, 0.4) is 0 Å². The first kappa shape index (κ1) is 9.52. The van der Waals surface area contributed by atoms with Gasteiger partial charge < -0.3 is 10.0 Å². The highest BCUT2D eigenvalue weighted by Crippen LogP contribution is 2.21. The molecule has 0 aromatic rings. The zero-order chi connectivity index (χ0) is 9.35. The van der Waals surface area contributed by atoms with E-state index in [0.717, 1.165) is 0 Å². The molecule has 1 amide bonds. The van der Waals surface area contributed by atoms with Crippen molar-refractivity contribution in [1.29, 1.82) is 0 Å². The molecule has 3 nitrogen and oxygen atoms in total. The van der Waals surface area contributed by atoms with Crippen LogP contribution in [0, 0.1) is 5.41 Å². The normalized spacial score (nSPS) is 19.2. The maximum atomic E-state index is 11.4. The third-order valence-electron chi connectivity index (χ3n) is 1.90. The maximum Gasteiger partial charge on any atom is 0.223 e. The fourth-order valence-electron chi connectivity index (χ4n) is 1.22. The van der Waals surface area contributed by atoms with Gasteiger partial charge in [0.15, 0.2) is 0 Å². The minimum Gasteiger partial charge on any atom is -0.389 e. The second-order valence-corrected chi connectivity index (χ2v) is 4.69. The summed E-state index contributed by atoms with van der Waals surface area (Å²) in [6, 6.07) is 0. The van der Waals surface area contributed by atoms with Gasteiger partial charge in [-0.15, -0.1) is 0 Å². The van der Waals surface area contributed by atoms with E-state index in [1.165, 1.54) is 0 Å². The fraction of sp³-hybridized carbons (Fsp3) is 0.889. The summed E-state index contributed by atoms with van der Waals surface area (Å²) in [6.07, 6.45) is 0.286. The molecular weight excluding hydrogens is 154 g/mol. The van der Waals surface area contributed by atoms with Gasteiger partial charge in [0.05, 0.1) is 6.10 Å². The molecule has 1 N–H and O–H groups in total. The third-order valence-corrected chi connectivity index (χ3v) is 1.90. The molecule has 0 aliphatic carbocycles. The van der Waals surface area contributed by atoms with Crippen LogP contribution in [0.5, 0.6) is 0 Å². The topological polar surface area (TPSA) is 40.5 Å². The van der Waals surface area contributed by atoms with Crippen molar-refractivity contribution < 1.29 is 9.90 Å². The van der Waals surface area contributed by atoms with Crippen molar-refractivity contribution in [1.82, 2.24) is 4.90 Å². The Labute approximate surface area is 73.4 Å². The van der Waals surface area contributed by atoms with Gasteiger partial charge in [-0.25, -0.2) is 0 Å². The SMILES string of the molecule is CC(C)(C)CC(=O)N1CC(O)C1. The summed E-state index contributed by atoms with van der Waals surface area (Å²) in [5.41, 5.74) is 0.0532. The second kappa shape index (κ2) is 3.05. The van der Waals surface area contributed by atoms with E-state index in [0.29, 0.717) is 19.5 Å². The monoisotopic (exact) mass is 171 g/mol. The van der Waals surface area contributed by atoms with Crippen molar-refractivity contribution in [3.63, 3.8) is 0 Å². The lowest BCUT2D eigenvalue weighted by atomic mass is 9.91. The Kier molecular flexibility index (Phi) is 2.42. The van der Waals surface area contributed by atoms with Crippen LogP contribution in [0.25, 0.3) is 0 Å². The van der Waals surface area contributed by atoms with Crippen molar-refractivity contribution in [2.24, 2.45) is 5.41 Å². The predicted molar refractivity (Wildman–Crippen MR) is 46.7 cm³/mol. The number of likely N-dealkylation sites (tertiary alicyclic amines) is 1. The zero-order valence-corrected chi connectivity index (χ0v) is 8.00. The Bertz CT molecular complexity index is 177. The van der Waals surface area contributed by atoms with Crippen LogP contribution < -0.4 is 0 Å². The minimum absolute atomic E-state index is 0.0532. The number of aliphatic hydroxyl groups is 1. The van der Waals surface area contributed by atoms with E-state index in [2.05, 4.69) is 0 Å². The van der Waals surface area contributed by atoms with Crippen LogP contribution in [-0.4, -0.2) is 35.1 Å². The van der Waals surface area contributed by atoms with Gasteiger partial charge in [-0.2, -0.15) is 0 Å². The Hall–Kier alpha value is -0.570. The van der Waals surface area contributed by atoms with Gasteiger partial charge in [0.2, 0.25) is 5.91 Å². The van der Waals surface area contributed by atoms with Gasteiger partial charge in [-0.1, -0.05) is 20.8 Å². The molecule has 0 atom stereocenters. The fourth-order valence-corrected chi connectivity index (χ4v) is 1.22. The molecule has 0 saturated carbocycles. The molecular formula is C9H17NO2. The Morgan fingerprint density at radius 1 is 1.50 bits per heavy atom. The van der Waals surface area contributed by atoms with Gasteiger partial charge in [0.1, 0.15) is 0 Å². The maximum absolute atomic E-state index is 11.4. The number of hydrogen-bond donors (Lipinski definition) is 1. The highest BCUT2D eigenvalue weighted by molar-refractivity contribution is 5.77. The number of carbonyl (C=O) groups is 1. The van der Waals surface area contributed by atoms with Gasteiger partial charge in [0, 0.05) is 19.5 Å². The third kappa shape index (κ3) is 2.48. The molecule has 0 aromatic carbocycles. The number of aliphatic hydroxyl groups excluding tert-OH is 1. The van der Waals surface area contributed by atoms with Crippen LogP contribution in [0.2, 0.25) is 0 Å². The number of carbonyl (C=O) groups excluding carboxylic acids is 1. The molecule has 1 rings (SSSR count). The van der Waals surface area contributed by atoms with E-state index in [4.69, 9.17) is 5.11 Å². The molecule has 0 unspecified atom stereocenters. The summed E-state index contributed by atoms with van der Waals surface area (Å²) in [5, 5.41) is 8.97. The second-order valence-electron chi connectivity index (χ2n) is 4.69. The highest BCUT2D eigenvalue weighted by atomic mass is 16.3. The van der Waals surface area contributed by atoms with Crippen molar-refractivity contribution in [2.45, 2.75) is 33.3 Å². The molecule has 70 valence electrons. The molecule has 0 aromatic heterocycles. The molecule has 0 bridgehead atoms. The van der Waals surface area contributed by atoms with Gasteiger partial charge in [-0.3, -0.25) is 4.79 Å². The average molecular weight is 171 g/mol. The Morgan fingerprint density at radius 2 is 2.00 bits per heavy atom. The molecule has 0 spiro atoms. The molecule has 1 aliphatic rings. The summed E-state index contributed by atoms with van der Waals surface area (Å²) in [5.74, 6) is 0.160. The van der Waals surface area contributed by atoms with E-state index in [1.807, 2.05) is 20.8 Å². The van der Waals surface area contributed by atoms with Crippen molar-refractivity contribution in [2.75, 3.05) is 13.1 Å². The molecule has 1 heterocycles. The summed E-state index contributed by atoms with van der Waals surface area (Å²) >= 11 is 0. The van der Waals surface area contributed by atoms with Crippen molar-refractivity contribution in [3.05, 3.63) is 0 Å². The molecule has 1 saturated heterocycles. The zero-order valence-electron chi connectivity index (χ0n) is 8.00. The molecule has 12 heavy (non-hydrogen) atoms. The summed E-state index contributed by atoms with van der Waals surface area (Å²) in [4.78, 5) is 13.1. The number of hydrogen-bond acceptors (Lipinski definition) is 2. The summed E-state index contributed by atoms with van der Waals surface area (Å²) < 4.78 is 0. The van der Waals surface area contributed by atoms with E-state index in [1.54, 1.807) is 4.90 Å². The first-order chi connectivity index (χ1) is 5.38. The number of amides is 1. The van der Waals surface area contributed by atoms with Crippen LogP contribution in [0.4, 0.5) is 0 Å². The van der Waals surface area contributed by atoms with Crippen LogP contribution in [-0.2, 0) is 4.79 Å². The number of β-amino-alcohol motifs (C(OH)–C–C–N with tert-alkyl or cyclic N) is 1. The van der Waals surface area contributed by atoms with Crippen molar-refractivity contribution >= 4 is 5.91 Å². The predicted octanol–water partition coefficient (Wildman–Crippen LogP) is 0.626. The first-order valence-corrected chi connectivity index (χ1v) is 4.34. The van der Waals surface area contributed by atoms with E-state index in [9.17, 15) is 4.79 Å². The summed E-state index contributed by atoms with van der Waals surface area (Å²) in [6.45, 7) is 7.17. The van der Waals surface area contributed by atoms with Gasteiger partial charge in [-0.05, 0) is 5.41 Å². The van der Waals surface area contributed by atoms with E-state index in [-0.39, 0.29) is 17.4 Å². The van der Waals surface area contributed by atoms with Crippen LogP contribution >= 0.6 is 0 Å². The largest absolute Gasteiger partial charge is 0.389 e. The van der Waals surface area contributed by atoms with Gasteiger partial charge >= 0.3 is 0 Å². The quantitative estimate of drug-likeness (QED) is 0.628. The van der Waals surface area contributed by atoms with Crippen molar-refractivity contribution in [3.8, 4) is 0 Å². The number of rotatable bonds is 1. The lowest BCUT2D eigenvalue weighted by molar-refractivity contribution is -0.143. The smallest absolute Gasteiger partial charge is 0.223 e. The highest BCUT2D eigenvalue weighted by Gasteiger charge is 2.30. The summed E-state index contributed by atoms with van der Waals surface area (Å²) in [7, 11) is 0. The standard InChI is InChI=1S/C9H17NO2/c1-9(2,3)4-8(12)10-5-7(11)6-10/h7,11H,4-6H2,1-3H3. The van der Waals surface area contributed by atoms with Crippen LogP contribution in [0.15, 0.2) is 0 Å². The molecule has 1 fully saturated rings. The number of nitrogens with zero attached hydrogens (tertiary/aromatic N) is 1. The first-order valence-electron chi connectivity index (χ1n) is 4.34.